The molecule has 2 rings (SSSR count). The maximum absolute atomic E-state index is 11.2. The van der Waals surface area contributed by atoms with Gasteiger partial charge in [0.1, 0.15) is 9.85 Å². The van der Waals surface area contributed by atoms with E-state index in [1.54, 1.807) is 0 Å². The molecule has 16 heteroatoms. The first-order valence-corrected chi connectivity index (χ1v) is 6.42. The van der Waals surface area contributed by atoms with Crippen molar-refractivity contribution in [1.82, 2.24) is 0 Å². The lowest BCUT2D eigenvalue weighted by Gasteiger charge is -2.20. The number of nitro benzene ring substituents is 2. The molecule has 0 radical (unpaired) electrons. The van der Waals surface area contributed by atoms with Gasteiger partial charge in [0.25, 0.3) is 11.4 Å². The number of benzene rings is 1. The summed E-state index contributed by atoms with van der Waals surface area (Å²) in [4.78, 5) is 47.6. The van der Waals surface area contributed by atoms with E-state index in [2.05, 4.69) is 0 Å². The number of carboxylic acid groups (broad SMARTS) is 1. The van der Waals surface area contributed by atoms with Gasteiger partial charge in [0.2, 0.25) is 13.1 Å². The summed E-state index contributed by atoms with van der Waals surface area (Å²) in [6.45, 7) is -0.0972. The Morgan fingerprint density at radius 2 is 1.50 bits per heavy atom. The van der Waals surface area contributed by atoms with Crippen LogP contribution >= 0.6 is 0 Å². The maximum atomic E-state index is 11.2. The summed E-state index contributed by atoms with van der Waals surface area (Å²) < 4.78 is 0. The van der Waals surface area contributed by atoms with Gasteiger partial charge in [0.05, 0.1) is 21.5 Å². The molecule has 0 bridgehead atoms. The summed E-state index contributed by atoms with van der Waals surface area (Å²) in [5.41, 5.74) is -4.84. The molecular weight excluding hydrogens is 366 g/mol. The largest absolute Gasteiger partial charge is 0.867 e. The van der Waals surface area contributed by atoms with E-state index < -0.39 is 54.0 Å². The lowest BCUT2D eigenvalue weighted by atomic mass is 10.1. The Balaban J connectivity index is 0.000000289. The molecule has 26 heavy (non-hydrogen) atoms. The molecule has 1 aliphatic heterocycles. The zero-order valence-corrected chi connectivity index (χ0v) is 12.5. The summed E-state index contributed by atoms with van der Waals surface area (Å²) in [5.74, 6) is -3.11. The molecule has 140 valence electrons. The molecule has 1 aromatic rings. The van der Waals surface area contributed by atoms with Gasteiger partial charge in [-0.05, 0) is 5.75 Å². The van der Waals surface area contributed by atoms with Gasteiger partial charge < -0.3 is 15.5 Å². The predicted octanol–water partition coefficient (Wildman–Crippen LogP) is -1.91. The topological polar surface area (TPSA) is 250 Å². The van der Waals surface area contributed by atoms with Crippen molar-refractivity contribution in [2.45, 2.75) is 5.66 Å². The van der Waals surface area contributed by atoms with Gasteiger partial charge in [0.15, 0.2) is 0 Å². The van der Waals surface area contributed by atoms with Crippen molar-refractivity contribution in [3.8, 4) is 5.75 Å². The van der Waals surface area contributed by atoms with Crippen molar-refractivity contribution >= 4 is 17.3 Å². The number of hydrogen-bond donors (Lipinski definition) is 2. The highest BCUT2D eigenvalue weighted by atomic mass is 16.7. The molecule has 1 aromatic carbocycles. The first kappa shape index (κ1) is 20.1. The first-order chi connectivity index (χ1) is 11.9. The van der Waals surface area contributed by atoms with Crippen molar-refractivity contribution in [2.24, 2.45) is 0 Å². The molecule has 0 amide bonds. The van der Waals surface area contributed by atoms with Crippen molar-refractivity contribution in [2.75, 3.05) is 13.1 Å². The van der Waals surface area contributed by atoms with Crippen LogP contribution in [0.5, 0.6) is 5.75 Å². The van der Waals surface area contributed by atoms with E-state index in [1.807, 2.05) is 0 Å². The van der Waals surface area contributed by atoms with Gasteiger partial charge in [-0.2, -0.15) is 0 Å². The highest BCUT2D eigenvalue weighted by Gasteiger charge is 2.67. The monoisotopic (exact) mass is 375 g/mol. The number of rotatable bonds is 5. The Labute approximate surface area is 141 Å². The van der Waals surface area contributed by atoms with Crippen LogP contribution in [-0.2, 0) is 0 Å². The quantitative estimate of drug-likeness (QED) is 0.326. The number of carbonyl (C=O) groups is 1. The highest BCUT2D eigenvalue weighted by molar-refractivity contribution is 5.93. The summed E-state index contributed by atoms with van der Waals surface area (Å²) >= 11 is 0. The van der Waals surface area contributed by atoms with E-state index in [0.717, 1.165) is 0 Å². The molecule has 16 nitrogen and oxygen atoms in total. The lowest BCUT2D eigenvalue weighted by molar-refractivity contribution is -0.932. The normalized spacial score (nSPS) is 14.2. The number of quaternary nitrogens is 1. The smallest absolute Gasteiger partial charge is 0.551 e. The molecular formula is C10H9N5O11. The zero-order chi connectivity index (χ0) is 20.2. The van der Waals surface area contributed by atoms with Gasteiger partial charge in [0, 0.05) is 6.07 Å². The molecule has 0 atom stereocenters. The second-order valence-corrected chi connectivity index (χ2v) is 4.85. The number of nitrogens with two attached hydrogens (primary N) is 1. The van der Waals surface area contributed by atoms with Gasteiger partial charge in [-0.15, -0.1) is 0 Å². The van der Waals surface area contributed by atoms with Crippen LogP contribution < -0.4 is 10.4 Å². The van der Waals surface area contributed by atoms with Crippen molar-refractivity contribution < 1.29 is 40.0 Å². The molecule has 1 heterocycles. The van der Waals surface area contributed by atoms with Crippen LogP contribution in [0.15, 0.2) is 12.1 Å². The molecule has 0 spiro atoms. The number of non-ortho nitro benzene ring substituents is 1. The van der Waals surface area contributed by atoms with Crippen LogP contribution in [-0.4, -0.2) is 49.5 Å². The van der Waals surface area contributed by atoms with Crippen LogP contribution in [0.25, 0.3) is 0 Å². The Hall–Kier alpha value is -3.95. The summed E-state index contributed by atoms with van der Waals surface area (Å²) in [7, 11) is 0. The van der Waals surface area contributed by atoms with Crippen LogP contribution in [0.4, 0.5) is 11.4 Å². The van der Waals surface area contributed by atoms with Crippen LogP contribution in [0.1, 0.15) is 10.4 Å². The SMILES string of the molecule is O=C(O)c1cc([N+](=O)[O-])cc([N+](=O)[O-])c1[O-].O=[N+]([O-])C1([N+](=O)[O-])C[NH2+]C1. The van der Waals surface area contributed by atoms with E-state index in [4.69, 9.17) is 5.11 Å². The van der Waals surface area contributed by atoms with Crippen molar-refractivity contribution in [3.63, 3.8) is 0 Å². The first-order valence-electron chi connectivity index (χ1n) is 6.42. The van der Waals surface area contributed by atoms with Gasteiger partial charge >= 0.3 is 11.6 Å². The number of aromatic carboxylic acids is 1. The zero-order valence-electron chi connectivity index (χ0n) is 12.5. The Bertz CT molecular complexity index is 752. The molecule has 0 saturated carbocycles. The number of nitro groups is 4. The van der Waals surface area contributed by atoms with Crippen molar-refractivity contribution in [3.05, 3.63) is 58.2 Å². The summed E-state index contributed by atoms with van der Waals surface area (Å²) in [6, 6.07) is 0.909. The molecule has 3 N–H and O–H groups in total. The molecule has 0 unspecified atom stereocenters. The lowest BCUT2D eigenvalue weighted by Crippen LogP contribution is -3.05. The number of nitrogens with zero attached hydrogens (tertiary/aromatic N) is 4. The third kappa shape index (κ3) is 3.75. The minimum absolute atomic E-state index is 0.0486. The molecule has 1 fully saturated rings. The van der Waals surface area contributed by atoms with E-state index >= 15 is 0 Å². The summed E-state index contributed by atoms with van der Waals surface area (Å²) in [5, 5.41) is 62.1. The van der Waals surface area contributed by atoms with Crippen LogP contribution in [0.2, 0.25) is 0 Å². The third-order valence-electron chi connectivity index (χ3n) is 3.31. The predicted molar refractivity (Wildman–Crippen MR) is 74.5 cm³/mol. The van der Waals surface area contributed by atoms with Gasteiger partial charge in [-0.3, -0.25) is 40.5 Å². The molecule has 1 saturated heterocycles. The number of hydrogen-bond acceptors (Lipinski definition) is 10. The number of carboxylic acids is 1. The van der Waals surface area contributed by atoms with Gasteiger partial charge in [-0.25, -0.2) is 4.79 Å². The minimum atomic E-state index is -1.89. The third-order valence-corrected chi connectivity index (χ3v) is 3.31. The molecule has 0 aromatic heterocycles. The second-order valence-electron chi connectivity index (χ2n) is 4.85. The fraction of sp³-hybridized carbons (Fsp3) is 0.300. The van der Waals surface area contributed by atoms with Crippen LogP contribution in [0.3, 0.4) is 0 Å². The standard InChI is InChI=1S/C7H4N2O7.C3H5N3O4/c10-6-4(7(11)12)1-3(8(13)14)2-5(6)9(15)16;7-5(8)3(6(9)10)1-4-2-3/h1-2,10H,(H,11,12);4H,1-2H2. The van der Waals surface area contributed by atoms with E-state index in [-0.39, 0.29) is 13.1 Å². The minimum Gasteiger partial charge on any atom is -0.867 e. The van der Waals surface area contributed by atoms with Gasteiger partial charge in [-0.1, -0.05) is 0 Å². The van der Waals surface area contributed by atoms with Crippen molar-refractivity contribution in [1.29, 1.82) is 0 Å². The summed E-state index contributed by atoms with van der Waals surface area (Å²) in [6.07, 6.45) is 0. The molecule has 0 aliphatic carbocycles. The fourth-order valence-electron chi connectivity index (χ4n) is 1.77. The van der Waals surface area contributed by atoms with E-state index in [1.165, 1.54) is 5.32 Å². The molecule has 1 aliphatic rings. The average Bonchev–Trinajstić information content (AvgIpc) is 2.44. The van der Waals surface area contributed by atoms with Crippen LogP contribution in [0, 0.1) is 40.5 Å². The highest BCUT2D eigenvalue weighted by Crippen LogP contribution is 2.31. The Kier molecular flexibility index (Phi) is 5.64. The van der Waals surface area contributed by atoms with E-state index in [9.17, 15) is 50.4 Å². The Morgan fingerprint density at radius 1 is 1.00 bits per heavy atom. The maximum Gasteiger partial charge on any atom is 0.551 e. The fourth-order valence-corrected chi connectivity index (χ4v) is 1.77. The van der Waals surface area contributed by atoms with E-state index in [0.29, 0.717) is 12.1 Å². The second kappa shape index (κ2) is 7.30. The Morgan fingerprint density at radius 3 is 1.73 bits per heavy atom. The average molecular weight is 375 g/mol.